The number of nitrogen functional groups attached to an aromatic ring is 1. The molecular formula is C21H30F3N5O2S2. The van der Waals surface area contributed by atoms with Gasteiger partial charge in [0.05, 0.1) is 9.21 Å². The second kappa shape index (κ2) is 11.2. The van der Waals surface area contributed by atoms with Crippen LogP contribution in [0.4, 0.5) is 24.1 Å². The molecule has 7 nitrogen and oxygen atoms in total. The summed E-state index contributed by atoms with van der Waals surface area (Å²) in [7, 11) is 0. The molecule has 2 fully saturated rings. The number of nitrogens with zero attached hydrogens (tertiary/aromatic N) is 4. The molecule has 1 atom stereocenters. The van der Waals surface area contributed by atoms with Gasteiger partial charge in [-0.1, -0.05) is 6.92 Å². The van der Waals surface area contributed by atoms with Gasteiger partial charge in [0.1, 0.15) is 0 Å². The summed E-state index contributed by atoms with van der Waals surface area (Å²) < 4.78 is 47.1. The van der Waals surface area contributed by atoms with Gasteiger partial charge in [-0.05, 0) is 49.8 Å². The molecule has 0 radical (unpaired) electrons. The van der Waals surface area contributed by atoms with E-state index in [0.717, 1.165) is 53.8 Å². The predicted octanol–water partition coefficient (Wildman–Crippen LogP) is 4.15. The Kier molecular flexibility index (Phi) is 8.84. The largest absolute Gasteiger partial charge is 0.421 e. The zero-order valence-corrected chi connectivity index (χ0v) is 20.3. The number of aromatic nitrogens is 2. The van der Waals surface area contributed by atoms with Crippen LogP contribution in [-0.2, 0) is 10.3 Å². The van der Waals surface area contributed by atoms with Crippen LogP contribution in [0.2, 0.25) is 0 Å². The van der Waals surface area contributed by atoms with E-state index in [-0.39, 0.29) is 5.56 Å². The molecule has 12 heteroatoms. The number of nitrogens with two attached hydrogens (primary N) is 1. The van der Waals surface area contributed by atoms with Crippen molar-refractivity contribution in [3.8, 4) is 0 Å². The van der Waals surface area contributed by atoms with Crippen molar-refractivity contribution in [1.29, 1.82) is 0 Å². The Balaban J connectivity index is 0.000000374. The molecule has 1 unspecified atom stereocenters. The first kappa shape index (κ1) is 26.0. The van der Waals surface area contributed by atoms with E-state index >= 15 is 0 Å². The second-order valence-electron chi connectivity index (χ2n) is 8.30. The fourth-order valence-electron chi connectivity index (χ4n) is 3.21. The molecule has 3 N–H and O–H groups in total. The number of aliphatic hydroxyl groups is 1. The number of ether oxygens (including phenoxy) is 1. The second-order valence-corrected chi connectivity index (χ2v) is 10.8. The van der Waals surface area contributed by atoms with Crippen molar-refractivity contribution in [2.75, 3.05) is 50.0 Å². The first-order chi connectivity index (χ1) is 15.6. The molecule has 4 heterocycles. The third kappa shape index (κ3) is 7.19. The number of hydrogen-bond donors (Lipinski definition) is 2. The lowest BCUT2D eigenvalue weighted by atomic mass is 9.99. The maximum Gasteiger partial charge on any atom is 0.421 e. The average molecular weight is 506 g/mol. The molecule has 2 aliphatic heterocycles. The van der Waals surface area contributed by atoms with Gasteiger partial charge >= 0.3 is 6.18 Å². The molecule has 0 saturated carbocycles. The standard InChI is InChI=1S/C15H18F3N5OS2.C6H12O/c1-14(24,15(16,17)18)10-8-20-13(21-9-10)22-4-6-23(7-5-22)26-12-3-2-11(19)25-12;1-6-2-4-7-5-3-6/h2-3,8-9,24H,4-7,19H2,1H3;6H,2-5H2,1H3. The van der Waals surface area contributed by atoms with E-state index in [0.29, 0.717) is 26.0 Å². The van der Waals surface area contributed by atoms with Crippen molar-refractivity contribution in [2.45, 2.75) is 42.7 Å². The van der Waals surface area contributed by atoms with E-state index in [1.807, 2.05) is 17.0 Å². The SMILES string of the molecule is CC(O)(c1cnc(N2CCN(Sc3ccc(N)s3)CC2)nc1)C(F)(F)F.CC1CCOCC1. The van der Waals surface area contributed by atoms with Gasteiger partial charge in [-0.25, -0.2) is 14.3 Å². The number of anilines is 2. The van der Waals surface area contributed by atoms with E-state index in [9.17, 15) is 18.3 Å². The van der Waals surface area contributed by atoms with Crippen molar-refractivity contribution in [1.82, 2.24) is 14.3 Å². The number of alkyl halides is 3. The Morgan fingerprint density at radius 2 is 1.73 bits per heavy atom. The van der Waals surface area contributed by atoms with Gasteiger partial charge in [0.2, 0.25) is 5.95 Å². The smallest absolute Gasteiger partial charge is 0.391 e. The molecule has 184 valence electrons. The minimum absolute atomic E-state index is 0.358. The molecule has 0 spiro atoms. The summed E-state index contributed by atoms with van der Waals surface area (Å²) in [4.78, 5) is 9.93. The Morgan fingerprint density at radius 1 is 1.12 bits per heavy atom. The van der Waals surface area contributed by atoms with Crippen molar-refractivity contribution >= 4 is 34.2 Å². The van der Waals surface area contributed by atoms with Gasteiger partial charge in [0, 0.05) is 57.3 Å². The Morgan fingerprint density at radius 3 is 2.18 bits per heavy atom. The van der Waals surface area contributed by atoms with Crippen molar-refractivity contribution in [3.63, 3.8) is 0 Å². The molecule has 2 aromatic heterocycles. The third-order valence-electron chi connectivity index (χ3n) is 5.60. The van der Waals surface area contributed by atoms with Crippen LogP contribution < -0.4 is 10.6 Å². The van der Waals surface area contributed by atoms with E-state index < -0.39 is 11.8 Å². The van der Waals surface area contributed by atoms with Gasteiger partial charge in [-0.15, -0.1) is 11.3 Å². The van der Waals surface area contributed by atoms with Crippen molar-refractivity contribution < 1.29 is 23.0 Å². The van der Waals surface area contributed by atoms with Crippen LogP contribution in [-0.4, -0.2) is 64.9 Å². The number of piperazine rings is 1. The highest BCUT2D eigenvalue weighted by Gasteiger charge is 2.51. The van der Waals surface area contributed by atoms with Gasteiger partial charge in [0.25, 0.3) is 0 Å². The fraction of sp³-hybridized carbons (Fsp3) is 0.619. The fourth-order valence-corrected chi connectivity index (χ4v) is 5.19. The minimum Gasteiger partial charge on any atom is -0.391 e. The zero-order valence-electron chi connectivity index (χ0n) is 18.7. The van der Waals surface area contributed by atoms with Gasteiger partial charge in [-0.3, -0.25) is 0 Å². The predicted molar refractivity (Wildman–Crippen MR) is 125 cm³/mol. The summed E-state index contributed by atoms with van der Waals surface area (Å²) >= 11 is 3.17. The molecule has 4 rings (SSSR count). The van der Waals surface area contributed by atoms with E-state index in [4.69, 9.17) is 10.5 Å². The molecule has 2 saturated heterocycles. The lowest BCUT2D eigenvalue weighted by Gasteiger charge is -2.33. The monoisotopic (exact) mass is 505 g/mol. The summed E-state index contributed by atoms with van der Waals surface area (Å²) in [6, 6.07) is 3.85. The zero-order chi connectivity index (χ0) is 24.1. The summed E-state index contributed by atoms with van der Waals surface area (Å²) in [5, 5.41) is 10.4. The van der Waals surface area contributed by atoms with Gasteiger partial charge in [-0.2, -0.15) is 13.2 Å². The maximum atomic E-state index is 12.9. The highest BCUT2D eigenvalue weighted by atomic mass is 32.2. The summed E-state index contributed by atoms with van der Waals surface area (Å²) in [6.07, 6.45) is -0.192. The average Bonchev–Trinajstić information content (AvgIpc) is 3.19. The normalized spacial score (nSPS) is 20.1. The highest BCUT2D eigenvalue weighted by Crippen LogP contribution is 2.38. The van der Waals surface area contributed by atoms with Gasteiger partial charge in [0.15, 0.2) is 5.60 Å². The van der Waals surface area contributed by atoms with Crippen molar-refractivity contribution in [2.24, 2.45) is 5.92 Å². The number of halogens is 3. The Labute approximate surface area is 200 Å². The summed E-state index contributed by atoms with van der Waals surface area (Å²) in [5.41, 5.74) is 2.38. The van der Waals surface area contributed by atoms with Crippen LogP contribution in [0.15, 0.2) is 28.7 Å². The molecule has 2 aliphatic rings. The van der Waals surface area contributed by atoms with E-state index in [1.54, 1.807) is 11.9 Å². The molecular weight excluding hydrogens is 475 g/mol. The Bertz CT molecular complexity index is 866. The molecule has 0 aliphatic carbocycles. The molecule has 0 aromatic carbocycles. The van der Waals surface area contributed by atoms with Crippen LogP contribution >= 0.6 is 23.3 Å². The lowest BCUT2D eigenvalue weighted by Crippen LogP contribution is -2.44. The van der Waals surface area contributed by atoms with Gasteiger partial charge < -0.3 is 20.5 Å². The van der Waals surface area contributed by atoms with Crippen LogP contribution in [0.3, 0.4) is 0 Å². The molecule has 2 aromatic rings. The number of thiophene rings is 1. The lowest BCUT2D eigenvalue weighted by molar-refractivity contribution is -0.259. The minimum atomic E-state index is -4.79. The quantitative estimate of drug-likeness (QED) is 0.600. The number of hydrogen-bond acceptors (Lipinski definition) is 9. The Hall–Kier alpha value is -1.60. The van der Waals surface area contributed by atoms with E-state index in [1.165, 1.54) is 24.2 Å². The maximum absolute atomic E-state index is 12.9. The summed E-state index contributed by atoms with van der Waals surface area (Å²) in [6.45, 7) is 7.77. The molecule has 0 bridgehead atoms. The third-order valence-corrected chi connectivity index (χ3v) is 7.73. The first-order valence-electron chi connectivity index (χ1n) is 10.8. The first-order valence-corrected chi connectivity index (χ1v) is 12.4. The van der Waals surface area contributed by atoms with Crippen LogP contribution in [0, 0.1) is 5.92 Å². The highest BCUT2D eigenvalue weighted by molar-refractivity contribution is 7.99. The van der Waals surface area contributed by atoms with Crippen LogP contribution in [0.5, 0.6) is 0 Å². The molecule has 0 amide bonds. The van der Waals surface area contributed by atoms with Crippen molar-refractivity contribution in [3.05, 3.63) is 30.1 Å². The molecule has 33 heavy (non-hydrogen) atoms. The number of rotatable bonds is 4. The van der Waals surface area contributed by atoms with Crippen LogP contribution in [0.1, 0.15) is 32.3 Å². The van der Waals surface area contributed by atoms with E-state index in [2.05, 4.69) is 21.2 Å². The topological polar surface area (TPSA) is 87.7 Å². The van der Waals surface area contributed by atoms with Crippen LogP contribution in [0.25, 0.3) is 0 Å². The summed E-state index contributed by atoms with van der Waals surface area (Å²) in [5.74, 6) is 1.27.